The third-order valence-electron chi connectivity index (χ3n) is 9.12. The number of aromatic nitrogens is 1. The van der Waals surface area contributed by atoms with Gasteiger partial charge in [0.2, 0.25) is 0 Å². The Balaban J connectivity index is 0.000000318. The normalized spacial score (nSPS) is 14.8. The van der Waals surface area contributed by atoms with Crippen LogP contribution >= 0.6 is 0 Å². The van der Waals surface area contributed by atoms with Crippen molar-refractivity contribution in [3.05, 3.63) is 77.1 Å². The van der Waals surface area contributed by atoms with Crippen LogP contribution in [0.2, 0.25) is 0 Å². The zero-order valence-corrected chi connectivity index (χ0v) is 28.5. The molecule has 0 amide bonds. The molecule has 0 unspecified atom stereocenters. The molecule has 0 bridgehead atoms. The minimum atomic E-state index is -0.278. The Morgan fingerprint density at radius 3 is 2.27 bits per heavy atom. The molecule has 1 N–H and O–H groups in total. The maximum absolute atomic E-state index is 12.3. The van der Waals surface area contributed by atoms with Gasteiger partial charge < -0.3 is 10.1 Å². The van der Waals surface area contributed by atoms with Gasteiger partial charge >= 0.3 is 0 Å². The second-order valence-corrected chi connectivity index (χ2v) is 11.5. The predicted octanol–water partition coefficient (Wildman–Crippen LogP) is 10.6. The fourth-order valence-electron chi connectivity index (χ4n) is 6.20. The number of hydrogen-bond acceptors (Lipinski definition) is 3. The van der Waals surface area contributed by atoms with Crippen molar-refractivity contribution in [3.63, 3.8) is 0 Å². The van der Waals surface area contributed by atoms with Gasteiger partial charge in [0.1, 0.15) is 0 Å². The van der Waals surface area contributed by atoms with Crippen molar-refractivity contribution in [2.45, 2.75) is 112 Å². The van der Waals surface area contributed by atoms with Crippen molar-refractivity contribution in [2.75, 3.05) is 0 Å². The van der Waals surface area contributed by atoms with Gasteiger partial charge in [-0.25, -0.2) is 0 Å². The summed E-state index contributed by atoms with van der Waals surface area (Å²) in [6, 6.07) is 14.1. The number of ketones is 1. The van der Waals surface area contributed by atoms with E-state index in [1.165, 1.54) is 37.3 Å². The first kappa shape index (κ1) is 31.6. The fourth-order valence-corrected chi connectivity index (χ4v) is 6.20. The number of benzene rings is 2. The zero-order chi connectivity index (χ0) is 31.0. The van der Waals surface area contributed by atoms with Gasteiger partial charge in [0.05, 0.1) is 8.50 Å². The number of nitrogens with zero attached hydrogens (tertiary/aromatic N) is 1. The first-order valence-corrected chi connectivity index (χ1v) is 15.4. The third kappa shape index (κ3) is 8.62. The van der Waals surface area contributed by atoms with E-state index >= 15 is 0 Å². The second-order valence-electron chi connectivity index (χ2n) is 11.5. The van der Waals surface area contributed by atoms with Crippen molar-refractivity contribution in [2.24, 2.45) is 11.3 Å². The molecule has 1 fully saturated rings. The topological polar surface area (TPSA) is 50.2 Å². The van der Waals surface area contributed by atoms with Gasteiger partial charge in [-0.3, -0.25) is 4.79 Å². The Hall–Kier alpha value is -2.29. The smallest absolute Gasteiger partial charge is 0.165 e. The van der Waals surface area contributed by atoms with Crippen LogP contribution in [0.1, 0.15) is 118 Å². The molecule has 1 saturated carbocycles. The Labute approximate surface area is 265 Å². The Morgan fingerprint density at radius 1 is 1.07 bits per heavy atom. The number of allylic oxidation sites excluding steroid dienone is 2. The first-order valence-electron chi connectivity index (χ1n) is 16.4. The Kier molecular flexibility index (Phi) is 12.6. The van der Waals surface area contributed by atoms with Gasteiger partial charge in [-0.05, 0) is 78.9 Å². The number of carbonyl (C=O) groups is 1. The van der Waals surface area contributed by atoms with Crippen LogP contribution in [0.25, 0.3) is 22.0 Å². The third-order valence-corrected chi connectivity index (χ3v) is 9.12. The van der Waals surface area contributed by atoms with E-state index in [2.05, 4.69) is 48.3 Å². The number of carbonyl (C=O) groups excluding carboxylic acids is 1. The van der Waals surface area contributed by atoms with Gasteiger partial charge in [-0.1, -0.05) is 79.5 Å². The summed E-state index contributed by atoms with van der Waals surface area (Å²) in [6.07, 6.45) is 10.8. The average Bonchev–Trinajstić information content (AvgIpc) is 3.52. The Bertz CT molecular complexity index is 1370. The summed E-state index contributed by atoms with van der Waals surface area (Å²) in [5.74, 6) is 1.08. The molecular formula is C37H50IrNO2-. The monoisotopic (exact) mass is 735 g/mol. The number of fused-ring (bicyclic) bond motifs is 1. The van der Waals surface area contributed by atoms with Crippen LogP contribution in [0.5, 0.6) is 0 Å². The van der Waals surface area contributed by atoms with E-state index in [1.54, 1.807) is 0 Å². The van der Waals surface area contributed by atoms with Crippen LogP contribution in [0.15, 0.2) is 54.4 Å². The van der Waals surface area contributed by atoms with E-state index in [4.69, 9.17) is 2.74 Å². The maximum Gasteiger partial charge on any atom is 0.165 e. The van der Waals surface area contributed by atoms with E-state index in [0.717, 1.165) is 65.3 Å². The molecular weight excluding hydrogens is 683 g/mol. The summed E-state index contributed by atoms with van der Waals surface area (Å²) in [5, 5.41) is 11.8. The Morgan fingerprint density at radius 2 is 1.71 bits per heavy atom. The van der Waals surface area contributed by atoms with Crippen molar-refractivity contribution in [3.8, 4) is 11.3 Å². The summed E-state index contributed by atoms with van der Waals surface area (Å²) in [4.78, 5) is 16.7. The SMILES string of the molecule is CCC(CC)/C(O)=C/C(=O)C(CC)(CC)CC.[2H]c1nc(-c2[c-]c(C)cc(C)c2)c2ccc(C3CCCC3)cc2c1[2H].[Ir]. The fraction of sp³-hybridized carbons (Fsp3) is 0.514. The number of aliphatic hydroxyl groups is 1. The van der Waals surface area contributed by atoms with E-state index in [9.17, 15) is 9.90 Å². The molecule has 1 heterocycles. The molecule has 1 aromatic heterocycles. The number of pyridine rings is 1. The second kappa shape index (κ2) is 16.4. The van der Waals surface area contributed by atoms with Crippen LogP contribution < -0.4 is 0 Å². The van der Waals surface area contributed by atoms with Crippen molar-refractivity contribution < 1.29 is 32.7 Å². The van der Waals surface area contributed by atoms with Crippen LogP contribution in [-0.2, 0) is 24.9 Å². The first-order chi connectivity index (χ1) is 20.0. The molecule has 0 saturated heterocycles. The molecule has 2 aromatic carbocycles. The molecule has 4 heteroatoms. The molecule has 0 aliphatic heterocycles. The predicted molar refractivity (Wildman–Crippen MR) is 170 cm³/mol. The average molecular weight is 735 g/mol. The minimum absolute atomic E-state index is 0. The van der Waals surface area contributed by atoms with Gasteiger partial charge in [-0.2, -0.15) is 0 Å². The maximum atomic E-state index is 12.3. The molecule has 3 aromatic rings. The zero-order valence-electron chi connectivity index (χ0n) is 28.1. The van der Waals surface area contributed by atoms with Crippen LogP contribution in [-0.4, -0.2) is 15.9 Å². The summed E-state index contributed by atoms with van der Waals surface area (Å²) in [6.45, 7) is 14.3. The van der Waals surface area contributed by atoms with E-state index < -0.39 is 0 Å². The standard InChI is InChI=1S/C22H22N.C15H28O2.Ir/c1-15-11-16(2)13-20(12-15)22-21-8-7-18(17-5-3-4-6-17)14-19(21)9-10-23-22;1-6-12(7-2)13(16)11-14(17)15(8-3,9-4)10-5;/h7-12,14,17H,3-6H2,1-2H3;11-12,16H,6-10H2,1-5H3;/q-1;;/b;13-11-;/i9D,10D;;. The summed E-state index contributed by atoms with van der Waals surface area (Å²) in [7, 11) is 0. The molecule has 3 nitrogen and oxygen atoms in total. The molecule has 225 valence electrons. The van der Waals surface area contributed by atoms with E-state index in [1.807, 2.05) is 41.5 Å². The van der Waals surface area contributed by atoms with Crippen molar-refractivity contribution >= 4 is 16.6 Å². The number of aryl methyl sites for hydroxylation is 2. The summed E-state index contributed by atoms with van der Waals surface area (Å²) >= 11 is 0. The number of aliphatic hydroxyl groups excluding tert-OH is 1. The van der Waals surface area contributed by atoms with Crippen molar-refractivity contribution in [1.82, 2.24) is 4.98 Å². The molecule has 41 heavy (non-hydrogen) atoms. The van der Waals surface area contributed by atoms with Crippen LogP contribution in [0.4, 0.5) is 0 Å². The number of hydrogen-bond donors (Lipinski definition) is 1. The molecule has 1 radical (unpaired) electrons. The molecule has 1 aliphatic carbocycles. The van der Waals surface area contributed by atoms with Gasteiger partial charge in [-0.15, -0.1) is 34.9 Å². The van der Waals surface area contributed by atoms with Gasteiger partial charge in [0, 0.05) is 43.7 Å². The number of rotatable bonds is 10. The minimum Gasteiger partial charge on any atom is -0.512 e. The van der Waals surface area contributed by atoms with Crippen LogP contribution in [0, 0.1) is 31.2 Å². The molecule has 1 aliphatic rings. The molecule has 0 atom stereocenters. The molecule has 4 rings (SSSR count). The van der Waals surface area contributed by atoms with E-state index in [-0.39, 0.29) is 55.2 Å². The van der Waals surface area contributed by atoms with Gasteiger partial charge in [0.25, 0.3) is 0 Å². The van der Waals surface area contributed by atoms with Gasteiger partial charge in [0.15, 0.2) is 5.78 Å². The summed E-state index contributed by atoms with van der Waals surface area (Å²) in [5.41, 5.74) is 4.92. The quantitative estimate of drug-likeness (QED) is 0.128. The van der Waals surface area contributed by atoms with E-state index in [0.29, 0.717) is 5.92 Å². The summed E-state index contributed by atoms with van der Waals surface area (Å²) < 4.78 is 16.5. The largest absolute Gasteiger partial charge is 0.512 e. The van der Waals surface area contributed by atoms with Crippen LogP contribution in [0.3, 0.4) is 0 Å². The molecule has 0 spiro atoms. The van der Waals surface area contributed by atoms with Crippen molar-refractivity contribution in [1.29, 1.82) is 0 Å².